The number of ether oxygens (including phenoxy) is 2. The highest BCUT2D eigenvalue weighted by molar-refractivity contribution is 7.18. The number of rotatable bonds is 7. The number of fused-ring (bicyclic) bond motifs is 3. The van der Waals surface area contributed by atoms with Gasteiger partial charge in [-0.1, -0.05) is 6.07 Å². The highest BCUT2D eigenvalue weighted by atomic mass is 32.1. The average molecular weight is 444 g/mol. The Hall–Kier alpha value is -3.07. The van der Waals surface area contributed by atoms with Gasteiger partial charge >= 0.3 is 5.69 Å². The lowest BCUT2D eigenvalue weighted by Crippen LogP contribution is -2.42. The zero-order valence-corrected chi connectivity index (χ0v) is 18.4. The van der Waals surface area contributed by atoms with Crippen LogP contribution in [0, 0.1) is 0 Å². The summed E-state index contributed by atoms with van der Waals surface area (Å²) in [4.78, 5) is 39.9. The van der Waals surface area contributed by atoms with Crippen LogP contribution in [0.1, 0.15) is 28.8 Å². The zero-order valence-electron chi connectivity index (χ0n) is 17.6. The van der Waals surface area contributed by atoms with E-state index in [2.05, 4.69) is 0 Å². The lowest BCUT2D eigenvalue weighted by Gasteiger charge is -2.13. The van der Waals surface area contributed by atoms with Crippen LogP contribution in [0.5, 0.6) is 11.5 Å². The van der Waals surface area contributed by atoms with Crippen LogP contribution >= 0.6 is 11.3 Å². The summed E-state index contributed by atoms with van der Waals surface area (Å²) < 4.78 is 13.2. The van der Waals surface area contributed by atoms with Crippen molar-refractivity contribution in [3.8, 4) is 11.5 Å². The van der Waals surface area contributed by atoms with Gasteiger partial charge < -0.3 is 15.2 Å². The van der Waals surface area contributed by atoms with Gasteiger partial charge in [0.2, 0.25) is 5.91 Å². The van der Waals surface area contributed by atoms with Gasteiger partial charge in [0.15, 0.2) is 11.5 Å². The number of nitrogens with two attached hydrogens (primary N) is 1. The molecule has 0 fully saturated rings. The molecule has 2 aromatic heterocycles. The number of amides is 1. The molecule has 0 saturated carbocycles. The molecule has 0 aliphatic heterocycles. The summed E-state index contributed by atoms with van der Waals surface area (Å²) in [5, 5.41) is 0.563. The standard InChI is InChI=1S/C22H25N3O5S/c1-29-15-8-7-13(11-16(15)30-2)9-10-24-20(27)19-14-5-3-4-6-17(14)31-21(19)25(22(24)28)12-18(23)26/h7-8,11H,3-6,9-10,12H2,1-2H3,(H2,23,26). The van der Waals surface area contributed by atoms with Crippen LogP contribution in [0.3, 0.4) is 0 Å². The van der Waals surface area contributed by atoms with Gasteiger partial charge in [-0.05, 0) is 55.4 Å². The first-order valence-electron chi connectivity index (χ1n) is 10.2. The second-order valence-electron chi connectivity index (χ2n) is 7.62. The number of methoxy groups -OCH3 is 2. The molecule has 0 bridgehead atoms. The number of aryl methyl sites for hydroxylation is 3. The van der Waals surface area contributed by atoms with Crippen LogP contribution in [-0.2, 0) is 37.1 Å². The zero-order chi connectivity index (χ0) is 22.1. The van der Waals surface area contributed by atoms with E-state index in [1.165, 1.54) is 20.5 Å². The minimum absolute atomic E-state index is 0.187. The lowest BCUT2D eigenvalue weighted by molar-refractivity contribution is -0.118. The van der Waals surface area contributed by atoms with Gasteiger partial charge in [0.05, 0.1) is 19.6 Å². The van der Waals surface area contributed by atoms with Crippen molar-refractivity contribution < 1.29 is 14.3 Å². The molecule has 0 unspecified atom stereocenters. The summed E-state index contributed by atoms with van der Waals surface area (Å²) >= 11 is 1.44. The van der Waals surface area contributed by atoms with Crippen molar-refractivity contribution >= 4 is 27.5 Å². The molecular weight excluding hydrogens is 418 g/mol. The van der Waals surface area contributed by atoms with E-state index < -0.39 is 11.6 Å². The van der Waals surface area contributed by atoms with E-state index in [0.717, 1.165) is 41.7 Å². The van der Waals surface area contributed by atoms with Gasteiger partial charge in [0.25, 0.3) is 5.56 Å². The summed E-state index contributed by atoms with van der Waals surface area (Å²) in [7, 11) is 3.12. The molecule has 0 spiro atoms. The predicted molar refractivity (Wildman–Crippen MR) is 119 cm³/mol. The number of thiophene rings is 1. The summed E-state index contributed by atoms with van der Waals surface area (Å²) in [6, 6.07) is 5.50. The van der Waals surface area contributed by atoms with Crippen LogP contribution < -0.4 is 26.5 Å². The topological polar surface area (TPSA) is 106 Å². The lowest BCUT2D eigenvalue weighted by atomic mass is 9.97. The fourth-order valence-corrected chi connectivity index (χ4v) is 5.56. The second kappa shape index (κ2) is 8.58. The van der Waals surface area contributed by atoms with E-state index >= 15 is 0 Å². The highest BCUT2D eigenvalue weighted by Gasteiger charge is 2.24. The maximum atomic E-state index is 13.4. The van der Waals surface area contributed by atoms with Crippen molar-refractivity contribution in [1.82, 2.24) is 9.13 Å². The van der Waals surface area contributed by atoms with Crippen LogP contribution in [-0.4, -0.2) is 29.3 Å². The third-order valence-electron chi connectivity index (χ3n) is 5.70. The largest absolute Gasteiger partial charge is 0.493 e. The smallest absolute Gasteiger partial charge is 0.332 e. The maximum Gasteiger partial charge on any atom is 0.332 e. The van der Waals surface area contributed by atoms with Gasteiger partial charge in [-0.15, -0.1) is 11.3 Å². The molecule has 4 rings (SSSR count). The first-order valence-corrected chi connectivity index (χ1v) is 11.0. The van der Waals surface area contributed by atoms with E-state index in [4.69, 9.17) is 15.2 Å². The number of carbonyl (C=O) groups excluding carboxylic acids is 1. The molecule has 0 atom stereocenters. The van der Waals surface area contributed by atoms with Crippen LogP contribution in [0.4, 0.5) is 0 Å². The molecule has 0 radical (unpaired) electrons. The third kappa shape index (κ3) is 3.85. The number of nitrogens with zero attached hydrogens (tertiary/aromatic N) is 2. The van der Waals surface area contributed by atoms with Crippen LogP contribution in [0.25, 0.3) is 10.2 Å². The molecule has 164 valence electrons. The van der Waals surface area contributed by atoms with E-state index in [1.54, 1.807) is 20.3 Å². The monoisotopic (exact) mass is 443 g/mol. The van der Waals surface area contributed by atoms with E-state index in [1.807, 2.05) is 12.1 Å². The van der Waals surface area contributed by atoms with Crippen LogP contribution in [0.15, 0.2) is 27.8 Å². The normalized spacial score (nSPS) is 13.2. The van der Waals surface area contributed by atoms with Crippen molar-refractivity contribution in [2.75, 3.05) is 14.2 Å². The van der Waals surface area contributed by atoms with Crippen molar-refractivity contribution in [3.63, 3.8) is 0 Å². The Bertz CT molecular complexity index is 1270. The van der Waals surface area contributed by atoms with E-state index in [0.29, 0.717) is 28.1 Å². The Morgan fingerprint density at radius 2 is 1.84 bits per heavy atom. The van der Waals surface area contributed by atoms with Gasteiger partial charge in [-0.25, -0.2) is 4.79 Å². The third-order valence-corrected chi connectivity index (χ3v) is 7.02. The number of carbonyl (C=O) groups is 1. The van der Waals surface area contributed by atoms with Gasteiger partial charge in [0, 0.05) is 11.4 Å². The predicted octanol–water partition coefficient (Wildman–Crippen LogP) is 1.85. The second-order valence-corrected chi connectivity index (χ2v) is 8.71. The first kappa shape index (κ1) is 21.2. The molecule has 1 amide bonds. The Labute approximate surface area is 182 Å². The van der Waals surface area contributed by atoms with E-state index in [9.17, 15) is 14.4 Å². The fraction of sp³-hybridized carbons (Fsp3) is 0.409. The van der Waals surface area contributed by atoms with Crippen molar-refractivity contribution in [2.45, 2.75) is 45.2 Å². The van der Waals surface area contributed by atoms with Gasteiger partial charge in [0.1, 0.15) is 11.4 Å². The molecule has 31 heavy (non-hydrogen) atoms. The summed E-state index contributed by atoms with van der Waals surface area (Å²) in [6.07, 6.45) is 4.23. The Kier molecular flexibility index (Phi) is 5.86. The number of hydrogen-bond donors (Lipinski definition) is 1. The molecule has 2 heterocycles. The number of aromatic nitrogens is 2. The number of benzene rings is 1. The molecule has 1 aliphatic carbocycles. The summed E-state index contributed by atoms with van der Waals surface area (Å²) in [5.74, 6) is 0.583. The van der Waals surface area contributed by atoms with Crippen molar-refractivity contribution in [3.05, 3.63) is 55.0 Å². The van der Waals surface area contributed by atoms with E-state index in [-0.39, 0.29) is 18.6 Å². The van der Waals surface area contributed by atoms with Gasteiger partial charge in [-0.2, -0.15) is 0 Å². The highest BCUT2D eigenvalue weighted by Crippen LogP contribution is 2.34. The minimum Gasteiger partial charge on any atom is -0.493 e. The van der Waals surface area contributed by atoms with Crippen LogP contribution in [0.2, 0.25) is 0 Å². The maximum absolute atomic E-state index is 13.4. The average Bonchev–Trinajstić information content (AvgIpc) is 3.16. The van der Waals surface area contributed by atoms with Gasteiger partial charge in [-0.3, -0.25) is 18.7 Å². The molecule has 8 nitrogen and oxygen atoms in total. The Morgan fingerprint density at radius 3 is 2.55 bits per heavy atom. The molecular formula is C22H25N3O5S. The molecule has 1 aromatic carbocycles. The minimum atomic E-state index is -0.611. The molecule has 2 N–H and O–H groups in total. The number of primary amides is 1. The Balaban J connectivity index is 1.79. The summed E-state index contributed by atoms with van der Waals surface area (Å²) in [5.41, 5.74) is 6.54. The molecule has 3 aromatic rings. The number of hydrogen-bond acceptors (Lipinski definition) is 6. The van der Waals surface area contributed by atoms with Crippen molar-refractivity contribution in [2.24, 2.45) is 5.73 Å². The van der Waals surface area contributed by atoms with Crippen molar-refractivity contribution in [1.29, 1.82) is 0 Å². The quantitative estimate of drug-likeness (QED) is 0.600. The SMILES string of the molecule is COc1ccc(CCn2c(=O)c3c4c(sc3n(CC(N)=O)c2=O)CCCC4)cc1OC. The molecule has 1 aliphatic rings. The fourth-order valence-electron chi connectivity index (χ4n) is 4.19. The molecule has 0 saturated heterocycles. The first-order chi connectivity index (χ1) is 14.9. The molecule has 9 heteroatoms. The Morgan fingerprint density at radius 1 is 1.10 bits per heavy atom. The summed E-state index contributed by atoms with van der Waals surface area (Å²) in [6.45, 7) is -0.0577.